The molecule has 1 saturated heterocycles. The molecule has 0 saturated carbocycles. The van der Waals surface area contributed by atoms with Gasteiger partial charge in [-0.2, -0.15) is 0 Å². The van der Waals surface area contributed by atoms with Crippen LogP contribution >= 0.6 is 11.8 Å². The molecule has 0 unspecified atom stereocenters. The maximum Gasteiger partial charge on any atom is 1.00 e. The van der Waals surface area contributed by atoms with Gasteiger partial charge in [-0.3, -0.25) is 4.99 Å². The van der Waals surface area contributed by atoms with Crippen LogP contribution in [0.5, 0.6) is 0 Å². The first-order valence-corrected chi connectivity index (χ1v) is 5.92. The van der Waals surface area contributed by atoms with Crippen LogP contribution in [0.4, 0.5) is 0 Å². The first-order chi connectivity index (χ1) is 6.93. The van der Waals surface area contributed by atoms with Crippen molar-refractivity contribution in [2.45, 2.75) is 6.04 Å². The van der Waals surface area contributed by atoms with E-state index in [0.29, 0.717) is 6.04 Å². The minimum atomic E-state index is 0. The normalized spacial score (nSPS) is 23.3. The summed E-state index contributed by atoms with van der Waals surface area (Å²) in [5.41, 5.74) is 1.34. The third kappa shape index (κ3) is 2.26. The van der Waals surface area contributed by atoms with E-state index in [4.69, 9.17) is 4.99 Å². The molecular weight excluding hydrogens is 215 g/mol. The predicted molar refractivity (Wildman–Crippen MR) is 61.8 cm³/mol. The standard InChI is InChI=1S/C11H12N2S.Na.H/c1-2-4-9(5-3-1)10-8-13-6-7-14-11(13)12-10;;/h1-5,10H,6-8H2;;/q;+1;-1/t10-;;/m1../s1. The predicted octanol–water partition coefficient (Wildman–Crippen LogP) is -0.737. The Labute approximate surface area is 118 Å². The van der Waals surface area contributed by atoms with Crippen molar-refractivity contribution in [3.63, 3.8) is 0 Å². The summed E-state index contributed by atoms with van der Waals surface area (Å²) in [6, 6.07) is 10.9. The molecule has 74 valence electrons. The summed E-state index contributed by atoms with van der Waals surface area (Å²) in [5, 5.41) is 1.25. The monoisotopic (exact) mass is 228 g/mol. The number of nitrogens with zero attached hydrogens (tertiary/aromatic N) is 2. The fourth-order valence-electron chi connectivity index (χ4n) is 1.96. The molecular formula is C11H13N2NaS. The third-order valence-electron chi connectivity index (χ3n) is 2.71. The summed E-state index contributed by atoms with van der Waals surface area (Å²) in [6.45, 7) is 2.25. The first kappa shape index (κ1) is 11.5. The average molecular weight is 228 g/mol. The maximum atomic E-state index is 4.73. The van der Waals surface area contributed by atoms with Crippen LogP contribution in [0.15, 0.2) is 35.3 Å². The fraction of sp³-hybridized carbons (Fsp3) is 0.364. The molecule has 2 aliphatic rings. The van der Waals surface area contributed by atoms with Gasteiger partial charge in [-0.25, -0.2) is 0 Å². The topological polar surface area (TPSA) is 15.6 Å². The Morgan fingerprint density at radius 2 is 2.13 bits per heavy atom. The molecule has 1 aromatic carbocycles. The van der Waals surface area contributed by atoms with E-state index < -0.39 is 0 Å². The molecule has 2 heterocycles. The van der Waals surface area contributed by atoms with Crippen molar-refractivity contribution in [1.82, 2.24) is 4.90 Å². The summed E-state index contributed by atoms with van der Waals surface area (Å²) in [5.74, 6) is 1.21. The van der Waals surface area contributed by atoms with Crippen molar-refractivity contribution in [2.75, 3.05) is 18.8 Å². The molecule has 4 heteroatoms. The number of hydrogen-bond donors (Lipinski definition) is 0. The number of fused-ring (bicyclic) bond motifs is 1. The molecule has 3 rings (SSSR count). The second-order valence-corrected chi connectivity index (χ2v) is 4.69. The van der Waals surface area contributed by atoms with Crippen molar-refractivity contribution in [2.24, 2.45) is 4.99 Å². The largest absolute Gasteiger partial charge is 1.00 e. The number of aliphatic imine (C=N–C) groups is 1. The van der Waals surface area contributed by atoms with Crippen molar-refractivity contribution in [1.29, 1.82) is 0 Å². The van der Waals surface area contributed by atoms with Gasteiger partial charge in [0.25, 0.3) is 0 Å². The SMILES string of the molecule is [H-].[Na+].c1ccc([C@H]2CN3CCSC3=N2)cc1. The maximum absolute atomic E-state index is 4.73. The molecule has 15 heavy (non-hydrogen) atoms. The second-order valence-electron chi connectivity index (χ2n) is 3.63. The zero-order valence-electron chi connectivity index (χ0n) is 9.89. The van der Waals surface area contributed by atoms with E-state index in [1.807, 2.05) is 11.8 Å². The van der Waals surface area contributed by atoms with Gasteiger partial charge in [0.15, 0.2) is 5.17 Å². The third-order valence-corrected chi connectivity index (χ3v) is 3.72. The van der Waals surface area contributed by atoms with E-state index in [-0.39, 0.29) is 31.0 Å². The van der Waals surface area contributed by atoms with Crippen molar-refractivity contribution in [3.8, 4) is 0 Å². The van der Waals surface area contributed by atoms with Gasteiger partial charge in [-0.1, -0.05) is 42.1 Å². The van der Waals surface area contributed by atoms with E-state index in [0.717, 1.165) is 6.54 Å². The summed E-state index contributed by atoms with van der Waals surface area (Å²) < 4.78 is 0. The van der Waals surface area contributed by atoms with Gasteiger partial charge in [0.2, 0.25) is 0 Å². The van der Waals surface area contributed by atoms with Gasteiger partial charge in [-0.05, 0) is 5.56 Å². The molecule has 0 bridgehead atoms. The summed E-state index contributed by atoms with van der Waals surface area (Å²) in [7, 11) is 0. The van der Waals surface area contributed by atoms with Crippen LogP contribution in [0.2, 0.25) is 0 Å². The molecule has 0 radical (unpaired) electrons. The van der Waals surface area contributed by atoms with Crippen LogP contribution in [0, 0.1) is 0 Å². The van der Waals surface area contributed by atoms with Crippen molar-refractivity contribution < 1.29 is 31.0 Å². The summed E-state index contributed by atoms with van der Waals surface area (Å²) >= 11 is 1.89. The minimum absolute atomic E-state index is 0. The van der Waals surface area contributed by atoms with Crippen molar-refractivity contribution in [3.05, 3.63) is 35.9 Å². The van der Waals surface area contributed by atoms with E-state index in [1.165, 1.54) is 23.0 Å². The Bertz CT molecular complexity index is 372. The van der Waals surface area contributed by atoms with E-state index in [2.05, 4.69) is 35.2 Å². The summed E-state index contributed by atoms with van der Waals surface area (Å²) in [4.78, 5) is 7.12. The fourth-order valence-corrected chi connectivity index (χ4v) is 3.00. The number of hydrogen-bond acceptors (Lipinski definition) is 3. The van der Waals surface area contributed by atoms with Gasteiger partial charge < -0.3 is 6.33 Å². The number of benzene rings is 1. The Morgan fingerprint density at radius 1 is 1.33 bits per heavy atom. The molecule has 2 aliphatic heterocycles. The molecule has 1 fully saturated rings. The van der Waals surface area contributed by atoms with Crippen LogP contribution in [0.1, 0.15) is 13.0 Å². The van der Waals surface area contributed by atoms with Crippen LogP contribution in [0.3, 0.4) is 0 Å². The first-order valence-electron chi connectivity index (χ1n) is 4.94. The Morgan fingerprint density at radius 3 is 2.87 bits per heavy atom. The van der Waals surface area contributed by atoms with Gasteiger partial charge in [0.1, 0.15) is 0 Å². The van der Waals surface area contributed by atoms with Crippen LogP contribution in [-0.2, 0) is 0 Å². The summed E-state index contributed by atoms with van der Waals surface area (Å²) in [6.07, 6.45) is 0. The van der Waals surface area contributed by atoms with Crippen molar-refractivity contribution >= 4 is 16.9 Å². The van der Waals surface area contributed by atoms with E-state index in [1.54, 1.807) is 0 Å². The molecule has 0 N–H and O–H groups in total. The quantitative estimate of drug-likeness (QED) is 0.589. The molecule has 0 aliphatic carbocycles. The van der Waals surface area contributed by atoms with Gasteiger partial charge in [0, 0.05) is 18.8 Å². The second kappa shape index (κ2) is 4.91. The molecule has 0 amide bonds. The van der Waals surface area contributed by atoms with Crippen LogP contribution in [0.25, 0.3) is 0 Å². The Hall–Kier alpha value is 0.0400. The van der Waals surface area contributed by atoms with Gasteiger partial charge >= 0.3 is 29.6 Å². The number of rotatable bonds is 1. The molecule has 1 aromatic rings. The van der Waals surface area contributed by atoms with Gasteiger partial charge in [-0.15, -0.1) is 0 Å². The zero-order chi connectivity index (χ0) is 9.38. The molecule has 0 spiro atoms. The molecule has 0 aromatic heterocycles. The Balaban J connectivity index is 0.000000640. The van der Waals surface area contributed by atoms with Crippen LogP contribution < -0.4 is 29.6 Å². The number of amidine groups is 1. The molecule has 2 nitrogen and oxygen atoms in total. The minimum Gasteiger partial charge on any atom is -1.00 e. The van der Waals surface area contributed by atoms with Gasteiger partial charge in [0.05, 0.1) is 6.04 Å². The average Bonchev–Trinajstić information content (AvgIpc) is 2.78. The van der Waals surface area contributed by atoms with E-state index in [9.17, 15) is 0 Å². The Kier molecular flexibility index (Phi) is 3.78. The van der Waals surface area contributed by atoms with E-state index >= 15 is 0 Å². The zero-order valence-corrected chi connectivity index (χ0v) is 11.7. The molecule has 1 atom stereocenters. The smallest absolute Gasteiger partial charge is 1.00 e. The number of thioether (sulfide) groups is 1. The van der Waals surface area contributed by atoms with Crippen LogP contribution in [-0.4, -0.2) is 28.9 Å².